The Morgan fingerprint density at radius 2 is 2.08 bits per heavy atom. The number of nitrogens with zero attached hydrogens (tertiary/aromatic N) is 4. The standard InChI is InChI=1S/C7H5BrN4O/c8-5-2-9-6(10-3-5)1-7-12-11-4-13-7/h2-4H,1H2. The van der Waals surface area contributed by atoms with E-state index in [2.05, 4.69) is 36.1 Å². The van der Waals surface area contributed by atoms with Crippen molar-refractivity contribution in [2.24, 2.45) is 0 Å². The zero-order valence-corrected chi connectivity index (χ0v) is 8.10. The van der Waals surface area contributed by atoms with E-state index in [1.807, 2.05) is 0 Å². The molecule has 0 N–H and O–H groups in total. The lowest BCUT2D eigenvalue weighted by molar-refractivity contribution is 0.501. The van der Waals surface area contributed by atoms with Gasteiger partial charge in [-0.25, -0.2) is 9.97 Å². The number of rotatable bonds is 2. The van der Waals surface area contributed by atoms with Gasteiger partial charge in [0.05, 0.1) is 10.9 Å². The summed E-state index contributed by atoms with van der Waals surface area (Å²) in [6, 6.07) is 0. The summed E-state index contributed by atoms with van der Waals surface area (Å²) in [6.45, 7) is 0. The van der Waals surface area contributed by atoms with Crippen LogP contribution < -0.4 is 0 Å². The summed E-state index contributed by atoms with van der Waals surface area (Å²) in [5.74, 6) is 1.18. The molecule has 0 saturated carbocycles. The maximum Gasteiger partial charge on any atom is 0.223 e. The van der Waals surface area contributed by atoms with Crippen LogP contribution >= 0.6 is 15.9 Å². The molecule has 0 aliphatic rings. The van der Waals surface area contributed by atoms with Crippen LogP contribution in [0.4, 0.5) is 0 Å². The molecular weight excluding hydrogens is 236 g/mol. The molecule has 66 valence electrons. The van der Waals surface area contributed by atoms with E-state index in [4.69, 9.17) is 4.42 Å². The lowest BCUT2D eigenvalue weighted by Crippen LogP contribution is -1.95. The Morgan fingerprint density at radius 1 is 1.31 bits per heavy atom. The van der Waals surface area contributed by atoms with Gasteiger partial charge >= 0.3 is 0 Å². The summed E-state index contributed by atoms with van der Waals surface area (Å²) in [7, 11) is 0. The lowest BCUT2D eigenvalue weighted by Gasteiger charge is -1.94. The van der Waals surface area contributed by atoms with Crippen LogP contribution in [-0.4, -0.2) is 20.2 Å². The molecule has 0 amide bonds. The van der Waals surface area contributed by atoms with Gasteiger partial charge in [0, 0.05) is 12.4 Å². The van der Waals surface area contributed by atoms with Gasteiger partial charge in [0.2, 0.25) is 12.3 Å². The van der Waals surface area contributed by atoms with Gasteiger partial charge in [-0.15, -0.1) is 10.2 Å². The van der Waals surface area contributed by atoms with Crippen molar-refractivity contribution >= 4 is 15.9 Å². The van der Waals surface area contributed by atoms with E-state index in [1.165, 1.54) is 6.39 Å². The van der Waals surface area contributed by atoms with Gasteiger partial charge in [-0.3, -0.25) is 0 Å². The van der Waals surface area contributed by atoms with Crippen LogP contribution in [0.1, 0.15) is 11.7 Å². The summed E-state index contributed by atoms with van der Waals surface area (Å²) in [5.41, 5.74) is 0. The quantitative estimate of drug-likeness (QED) is 0.790. The Morgan fingerprint density at radius 3 is 2.69 bits per heavy atom. The molecule has 0 aliphatic carbocycles. The Hall–Kier alpha value is -1.30. The van der Waals surface area contributed by atoms with E-state index < -0.39 is 0 Å². The van der Waals surface area contributed by atoms with Gasteiger partial charge in [0.1, 0.15) is 5.82 Å². The molecule has 0 aromatic carbocycles. The SMILES string of the molecule is Brc1cnc(Cc2nnco2)nc1. The normalized spacial score (nSPS) is 10.2. The van der Waals surface area contributed by atoms with Crippen molar-refractivity contribution in [1.82, 2.24) is 20.2 Å². The van der Waals surface area contributed by atoms with E-state index in [0.717, 1.165) is 4.47 Å². The minimum absolute atomic E-state index is 0.466. The van der Waals surface area contributed by atoms with Gasteiger partial charge in [0.25, 0.3) is 0 Å². The molecular formula is C7H5BrN4O. The first-order valence-corrected chi connectivity index (χ1v) is 4.35. The highest BCUT2D eigenvalue weighted by Gasteiger charge is 2.02. The molecule has 0 bridgehead atoms. The summed E-state index contributed by atoms with van der Waals surface area (Å²) >= 11 is 3.25. The van der Waals surface area contributed by atoms with Crippen molar-refractivity contribution in [2.45, 2.75) is 6.42 Å². The lowest BCUT2D eigenvalue weighted by atomic mass is 10.4. The number of hydrogen-bond donors (Lipinski definition) is 0. The van der Waals surface area contributed by atoms with Crippen LogP contribution in [0.15, 0.2) is 27.7 Å². The Labute approximate surface area is 82.4 Å². The van der Waals surface area contributed by atoms with Crippen molar-refractivity contribution < 1.29 is 4.42 Å². The molecule has 0 atom stereocenters. The summed E-state index contributed by atoms with van der Waals surface area (Å²) in [5, 5.41) is 7.28. The smallest absolute Gasteiger partial charge is 0.223 e. The maximum atomic E-state index is 4.95. The number of aromatic nitrogens is 4. The fraction of sp³-hybridized carbons (Fsp3) is 0.143. The third kappa shape index (κ3) is 2.09. The summed E-state index contributed by atoms with van der Waals surface area (Å²) < 4.78 is 5.80. The molecule has 2 aromatic heterocycles. The molecule has 13 heavy (non-hydrogen) atoms. The Kier molecular flexibility index (Phi) is 2.31. The van der Waals surface area contributed by atoms with Gasteiger partial charge in [0.15, 0.2) is 0 Å². The average molecular weight is 241 g/mol. The first-order chi connectivity index (χ1) is 6.34. The van der Waals surface area contributed by atoms with E-state index in [1.54, 1.807) is 12.4 Å². The van der Waals surface area contributed by atoms with Crippen LogP contribution in [0.5, 0.6) is 0 Å². The fourth-order valence-corrected chi connectivity index (χ4v) is 1.04. The molecule has 2 aromatic rings. The molecule has 0 unspecified atom stereocenters. The second-order valence-corrected chi connectivity index (χ2v) is 3.24. The third-order valence-electron chi connectivity index (χ3n) is 1.39. The molecule has 0 saturated heterocycles. The largest absolute Gasteiger partial charge is 0.428 e. The van der Waals surface area contributed by atoms with E-state index in [9.17, 15) is 0 Å². The predicted octanol–water partition coefficient (Wildman–Crippen LogP) is 1.21. The van der Waals surface area contributed by atoms with Crippen molar-refractivity contribution in [3.8, 4) is 0 Å². The molecule has 6 heteroatoms. The second-order valence-electron chi connectivity index (χ2n) is 2.33. The van der Waals surface area contributed by atoms with Crippen LogP contribution in [-0.2, 0) is 6.42 Å². The third-order valence-corrected chi connectivity index (χ3v) is 1.80. The Balaban J connectivity index is 2.15. The molecule has 5 nitrogen and oxygen atoms in total. The van der Waals surface area contributed by atoms with Crippen molar-refractivity contribution in [3.05, 3.63) is 35.0 Å². The number of hydrogen-bond acceptors (Lipinski definition) is 5. The molecule has 2 heterocycles. The highest BCUT2D eigenvalue weighted by molar-refractivity contribution is 9.10. The van der Waals surface area contributed by atoms with E-state index in [-0.39, 0.29) is 0 Å². The average Bonchev–Trinajstić information content (AvgIpc) is 2.62. The van der Waals surface area contributed by atoms with E-state index in [0.29, 0.717) is 18.1 Å². The van der Waals surface area contributed by atoms with Crippen LogP contribution in [0.2, 0.25) is 0 Å². The second kappa shape index (κ2) is 3.61. The summed E-state index contributed by atoms with van der Waals surface area (Å²) in [4.78, 5) is 8.13. The molecule has 2 rings (SSSR count). The first-order valence-electron chi connectivity index (χ1n) is 3.56. The predicted molar refractivity (Wildman–Crippen MR) is 46.8 cm³/mol. The zero-order chi connectivity index (χ0) is 9.10. The van der Waals surface area contributed by atoms with Crippen molar-refractivity contribution in [1.29, 1.82) is 0 Å². The monoisotopic (exact) mass is 240 g/mol. The molecule has 0 radical (unpaired) electrons. The Bertz CT molecular complexity index is 372. The van der Waals surface area contributed by atoms with E-state index >= 15 is 0 Å². The van der Waals surface area contributed by atoms with Crippen molar-refractivity contribution in [3.63, 3.8) is 0 Å². The van der Waals surface area contributed by atoms with Gasteiger partial charge in [-0.2, -0.15) is 0 Å². The van der Waals surface area contributed by atoms with Crippen LogP contribution in [0.3, 0.4) is 0 Å². The zero-order valence-electron chi connectivity index (χ0n) is 6.51. The van der Waals surface area contributed by atoms with Gasteiger partial charge in [-0.1, -0.05) is 0 Å². The molecule has 0 fully saturated rings. The van der Waals surface area contributed by atoms with Crippen molar-refractivity contribution in [2.75, 3.05) is 0 Å². The molecule has 0 spiro atoms. The van der Waals surface area contributed by atoms with Gasteiger partial charge < -0.3 is 4.42 Å². The summed E-state index contributed by atoms with van der Waals surface area (Å²) in [6.07, 6.45) is 5.11. The van der Waals surface area contributed by atoms with Gasteiger partial charge in [-0.05, 0) is 15.9 Å². The highest BCUT2D eigenvalue weighted by atomic mass is 79.9. The maximum absolute atomic E-state index is 4.95. The fourth-order valence-electron chi connectivity index (χ4n) is 0.839. The topological polar surface area (TPSA) is 64.7 Å². The minimum atomic E-state index is 0.466. The molecule has 0 aliphatic heterocycles. The minimum Gasteiger partial charge on any atom is -0.428 e. The highest BCUT2D eigenvalue weighted by Crippen LogP contribution is 2.06. The number of halogens is 1. The van der Waals surface area contributed by atoms with Crippen LogP contribution in [0.25, 0.3) is 0 Å². The van der Waals surface area contributed by atoms with Crippen LogP contribution in [0, 0.1) is 0 Å². The first kappa shape index (κ1) is 8.31.